The Bertz CT molecular complexity index is 764. The van der Waals surface area contributed by atoms with E-state index in [1.54, 1.807) is 0 Å². The summed E-state index contributed by atoms with van der Waals surface area (Å²) in [5.41, 5.74) is 9.81. The predicted molar refractivity (Wildman–Crippen MR) is 90.2 cm³/mol. The highest BCUT2D eigenvalue weighted by Gasteiger charge is 2.13. The Morgan fingerprint density at radius 3 is 2.62 bits per heavy atom. The van der Waals surface area contributed by atoms with Crippen LogP contribution in [0, 0.1) is 0 Å². The first kappa shape index (κ1) is 14.3. The van der Waals surface area contributed by atoms with E-state index in [2.05, 4.69) is 45.3 Å². The average molecular weight is 344 g/mol. The number of nitrogens with zero attached hydrogens (tertiary/aromatic N) is 2. The third-order valence-corrected chi connectivity index (χ3v) is 4.50. The van der Waals surface area contributed by atoms with E-state index in [4.69, 9.17) is 5.73 Å². The average Bonchev–Trinajstić information content (AvgIpc) is 2.79. The molecular weight excluding hydrogens is 326 g/mol. The number of hydrogen-bond donors (Lipinski definition) is 1. The molecule has 0 spiro atoms. The normalized spacial score (nSPS) is 12.7. The second-order valence-electron chi connectivity index (χ2n) is 5.35. The first-order chi connectivity index (χ1) is 10.1. The zero-order valence-corrected chi connectivity index (χ0v) is 13.5. The molecule has 3 aromatic rings. The SMILES string of the molecule is Cn1nc(CC(N)Cc2ccccc2Br)c2ccccc21. The van der Waals surface area contributed by atoms with Crippen molar-refractivity contribution in [2.45, 2.75) is 18.9 Å². The Morgan fingerprint density at radius 1 is 1.10 bits per heavy atom. The predicted octanol–water partition coefficient (Wildman–Crippen LogP) is 3.45. The zero-order chi connectivity index (χ0) is 14.8. The van der Waals surface area contributed by atoms with E-state index in [1.807, 2.05) is 36.0 Å². The summed E-state index contributed by atoms with van der Waals surface area (Å²) in [6.45, 7) is 0. The summed E-state index contributed by atoms with van der Waals surface area (Å²) in [4.78, 5) is 0. The number of rotatable bonds is 4. The van der Waals surface area contributed by atoms with Crippen LogP contribution in [-0.2, 0) is 19.9 Å². The molecule has 0 saturated heterocycles. The molecule has 3 rings (SSSR count). The van der Waals surface area contributed by atoms with Crippen LogP contribution in [0.2, 0.25) is 0 Å². The van der Waals surface area contributed by atoms with Crippen LogP contribution in [0.25, 0.3) is 10.9 Å². The molecule has 108 valence electrons. The number of fused-ring (bicyclic) bond motifs is 1. The molecular formula is C17H18BrN3. The van der Waals surface area contributed by atoms with Crippen LogP contribution in [0.5, 0.6) is 0 Å². The van der Waals surface area contributed by atoms with Gasteiger partial charge in [-0.25, -0.2) is 0 Å². The number of aromatic nitrogens is 2. The molecule has 21 heavy (non-hydrogen) atoms. The van der Waals surface area contributed by atoms with Crippen LogP contribution in [0.4, 0.5) is 0 Å². The van der Waals surface area contributed by atoms with Crippen LogP contribution < -0.4 is 5.73 Å². The summed E-state index contributed by atoms with van der Waals surface area (Å²) in [7, 11) is 1.98. The fourth-order valence-electron chi connectivity index (χ4n) is 2.71. The highest BCUT2D eigenvalue weighted by atomic mass is 79.9. The minimum absolute atomic E-state index is 0.0574. The summed E-state index contributed by atoms with van der Waals surface area (Å²) < 4.78 is 3.04. The fourth-order valence-corrected chi connectivity index (χ4v) is 3.15. The van der Waals surface area contributed by atoms with Crippen molar-refractivity contribution in [3.05, 3.63) is 64.3 Å². The van der Waals surface area contributed by atoms with Gasteiger partial charge < -0.3 is 5.73 Å². The van der Waals surface area contributed by atoms with Gasteiger partial charge in [0.1, 0.15) is 0 Å². The van der Waals surface area contributed by atoms with Crippen LogP contribution in [0.1, 0.15) is 11.3 Å². The van der Waals surface area contributed by atoms with Gasteiger partial charge in [-0.15, -0.1) is 0 Å². The number of halogens is 1. The van der Waals surface area contributed by atoms with Crippen molar-refractivity contribution < 1.29 is 0 Å². The monoisotopic (exact) mass is 343 g/mol. The maximum absolute atomic E-state index is 6.34. The highest BCUT2D eigenvalue weighted by Crippen LogP contribution is 2.21. The molecule has 1 heterocycles. The molecule has 0 aliphatic rings. The van der Waals surface area contributed by atoms with Gasteiger partial charge in [0.2, 0.25) is 0 Å². The van der Waals surface area contributed by atoms with Crippen molar-refractivity contribution >= 4 is 26.8 Å². The molecule has 0 aliphatic carbocycles. The van der Waals surface area contributed by atoms with Gasteiger partial charge in [-0.1, -0.05) is 52.3 Å². The summed E-state index contributed by atoms with van der Waals surface area (Å²) in [5.74, 6) is 0. The Labute approximate surface area is 132 Å². The van der Waals surface area contributed by atoms with E-state index in [1.165, 1.54) is 10.9 Å². The molecule has 0 saturated carbocycles. The third kappa shape index (κ3) is 3.01. The van der Waals surface area contributed by atoms with Gasteiger partial charge in [-0.3, -0.25) is 4.68 Å². The molecule has 1 unspecified atom stereocenters. The van der Waals surface area contributed by atoms with Crippen molar-refractivity contribution in [3.63, 3.8) is 0 Å². The fraction of sp³-hybridized carbons (Fsp3) is 0.235. The lowest BCUT2D eigenvalue weighted by atomic mass is 10.0. The first-order valence-electron chi connectivity index (χ1n) is 7.05. The van der Waals surface area contributed by atoms with Gasteiger partial charge in [-0.2, -0.15) is 5.10 Å². The minimum atomic E-state index is 0.0574. The molecule has 1 aromatic heterocycles. The first-order valence-corrected chi connectivity index (χ1v) is 7.84. The Morgan fingerprint density at radius 2 is 1.81 bits per heavy atom. The molecule has 2 N–H and O–H groups in total. The number of hydrogen-bond acceptors (Lipinski definition) is 2. The second kappa shape index (κ2) is 6.00. The smallest absolute Gasteiger partial charge is 0.0718 e. The van der Waals surface area contributed by atoms with Crippen molar-refractivity contribution in [2.24, 2.45) is 12.8 Å². The highest BCUT2D eigenvalue weighted by molar-refractivity contribution is 9.10. The van der Waals surface area contributed by atoms with Gasteiger partial charge in [0, 0.05) is 29.4 Å². The topological polar surface area (TPSA) is 43.8 Å². The Kier molecular flexibility index (Phi) is 4.08. The van der Waals surface area contributed by atoms with Gasteiger partial charge >= 0.3 is 0 Å². The van der Waals surface area contributed by atoms with Crippen molar-refractivity contribution in [1.82, 2.24) is 9.78 Å². The summed E-state index contributed by atoms with van der Waals surface area (Å²) in [6.07, 6.45) is 1.62. The molecule has 0 fully saturated rings. The molecule has 1 atom stereocenters. The Hall–Kier alpha value is -1.65. The van der Waals surface area contributed by atoms with E-state index >= 15 is 0 Å². The molecule has 0 radical (unpaired) electrons. The van der Waals surface area contributed by atoms with Crippen molar-refractivity contribution in [2.75, 3.05) is 0 Å². The lowest BCUT2D eigenvalue weighted by molar-refractivity contribution is 0.641. The van der Waals surface area contributed by atoms with E-state index in [0.717, 1.165) is 28.5 Å². The van der Waals surface area contributed by atoms with Gasteiger partial charge in [0.25, 0.3) is 0 Å². The van der Waals surface area contributed by atoms with Gasteiger partial charge in [0.05, 0.1) is 11.2 Å². The van der Waals surface area contributed by atoms with Crippen LogP contribution in [0.15, 0.2) is 53.0 Å². The number of benzene rings is 2. The second-order valence-corrected chi connectivity index (χ2v) is 6.20. The third-order valence-electron chi connectivity index (χ3n) is 3.73. The summed E-state index contributed by atoms with van der Waals surface area (Å²) in [6, 6.07) is 16.6. The summed E-state index contributed by atoms with van der Waals surface area (Å²) in [5, 5.41) is 5.82. The van der Waals surface area contributed by atoms with Crippen LogP contribution in [0.3, 0.4) is 0 Å². The standard InChI is InChI=1S/C17H18BrN3/c1-21-17-9-5-3-7-14(17)16(20-21)11-13(19)10-12-6-2-4-8-15(12)18/h2-9,13H,10-11,19H2,1H3. The van der Waals surface area contributed by atoms with E-state index in [0.29, 0.717) is 0 Å². The molecule has 0 aliphatic heterocycles. The lowest BCUT2D eigenvalue weighted by Crippen LogP contribution is -2.26. The molecule has 4 heteroatoms. The Balaban J connectivity index is 1.81. The van der Waals surface area contributed by atoms with Gasteiger partial charge in [0.15, 0.2) is 0 Å². The van der Waals surface area contributed by atoms with Crippen LogP contribution >= 0.6 is 15.9 Å². The number of nitrogens with two attached hydrogens (primary N) is 1. The van der Waals surface area contributed by atoms with Crippen molar-refractivity contribution in [3.8, 4) is 0 Å². The van der Waals surface area contributed by atoms with Crippen LogP contribution in [-0.4, -0.2) is 15.8 Å². The molecule has 3 nitrogen and oxygen atoms in total. The lowest BCUT2D eigenvalue weighted by Gasteiger charge is -2.11. The van der Waals surface area contributed by atoms with E-state index in [9.17, 15) is 0 Å². The summed E-state index contributed by atoms with van der Waals surface area (Å²) >= 11 is 3.58. The maximum atomic E-state index is 6.34. The quantitative estimate of drug-likeness (QED) is 0.788. The zero-order valence-electron chi connectivity index (χ0n) is 12.0. The minimum Gasteiger partial charge on any atom is -0.327 e. The molecule has 0 amide bonds. The van der Waals surface area contributed by atoms with Crippen molar-refractivity contribution in [1.29, 1.82) is 0 Å². The van der Waals surface area contributed by atoms with E-state index < -0.39 is 0 Å². The number of para-hydroxylation sites is 1. The maximum Gasteiger partial charge on any atom is 0.0718 e. The largest absolute Gasteiger partial charge is 0.327 e. The molecule has 0 bridgehead atoms. The molecule has 2 aromatic carbocycles. The van der Waals surface area contributed by atoms with E-state index in [-0.39, 0.29) is 6.04 Å². The number of aryl methyl sites for hydroxylation is 1. The van der Waals surface area contributed by atoms with Gasteiger partial charge in [-0.05, 0) is 24.1 Å².